The van der Waals surface area contributed by atoms with E-state index in [-0.39, 0.29) is 22.5 Å². The van der Waals surface area contributed by atoms with E-state index >= 15 is 0 Å². The van der Waals surface area contributed by atoms with Gasteiger partial charge in [0.15, 0.2) is 8.32 Å². The maximum atomic E-state index is 13.7. The van der Waals surface area contributed by atoms with Crippen molar-refractivity contribution in [1.29, 1.82) is 0 Å². The Kier molecular flexibility index (Phi) is 12.5. The molecule has 2 aromatic rings. The Morgan fingerprint density at radius 1 is 1.12 bits per heavy atom. The number of fused-ring (bicyclic) bond motifs is 4. The van der Waals surface area contributed by atoms with Crippen LogP contribution in [0.25, 0.3) is 0 Å². The molecule has 2 aromatic carbocycles. The Morgan fingerprint density at radius 3 is 2.73 bits per heavy atom. The van der Waals surface area contributed by atoms with Crippen molar-refractivity contribution >= 4 is 43.6 Å². The van der Waals surface area contributed by atoms with Crippen molar-refractivity contribution in [2.45, 2.75) is 88.9 Å². The molecule has 2 aliphatic carbocycles. The number of hydrogen-bond acceptors (Lipinski definition) is 8. The summed E-state index contributed by atoms with van der Waals surface area (Å²) in [6.45, 7) is 17.2. The van der Waals surface area contributed by atoms with Crippen molar-refractivity contribution in [3.05, 3.63) is 70.3 Å². The fourth-order valence-electron chi connectivity index (χ4n) is 7.81. The molecule has 8 nitrogen and oxygen atoms in total. The highest BCUT2D eigenvalue weighted by molar-refractivity contribution is 7.95. The van der Waals surface area contributed by atoms with Gasteiger partial charge in [-0.05, 0) is 110 Å². The summed E-state index contributed by atoms with van der Waals surface area (Å²) in [7, 11) is -0.367. The number of amides is 1. The van der Waals surface area contributed by atoms with Crippen molar-refractivity contribution in [3.8, 4) is 5.75 Å². The van der Waals surface area contributed by atoms with Gasteiger partial charge in [0, 0.05) is 61.4 Å². The van der Waals surface area contributed by atoms with Gasteiger partial charge in [-0.2, -0.15) is 0 Å². The lowest BCUT2D eigenvalue weighted by atomic mass is 9.68. The third-order valence-electron chi connectivity index (χ3n) is 11.9. The van der Waals surface area contributed by atoms with Crippen molar-refractivity contribution in [2.24, 2.45) is 11.8 Å². The van der Waals surface area contributed by atoms with Crippen molar-refractivity contribution < 1.29 is 23.4 Å². The number of benzene rings is 2. The molecular weight excluding hydrogens is 698 g/mol. The van der Waals surface area contributed by atoms with E-state index in [1.54, 1.807) is 7.11 Å². The van der Waals surface area contributed by atoms with Gasteiger partial charge < -0.3 is 23.5 Å². The molecule has 2 bridgehead atoms. The first-order valence-corrected chi connectivity index (χ1v) is 22.9. The molecule has 6 rings (SSSR count). The lowest BCUT2D eigenvalue weighted by molar-refractivity contribution is 0.0524. The highest BCUT2D eigenvalue weighted by atomic mass is 35.5. The number of methoxy groups -OCH3 is 1. The zero-order valence-electron chi connectivity index (χ0n) is 31.5. The zero-order chi connectivity index (χ0) is 36.2. The number of ether oxygens (including phenoxy) is 3. The largest absolute Gasteiger partial charge is 0.490 e. The maximum Gasteiger partial charge on any atom is 0.262 e. The van der Waals surface area contributed by atoms with Gasteiger partial charge in [-0.15, -0.1) is 0 Å². The topological polar surface area (TPSA) is 72.5 Å². The standard InChI is InChI=1S/C40H58ClN3O5SSi/c1-39(2,3)51(5,6)49-36-11-7-8-19-44(20-21-47-23-22-46-4)50-42-38(45)30-13-17-37-35(25-30)43(26-31-12-15-33(31)36)27-40(28-48-37)18-9-10-29-24-32(41)14-16-34(29)40/h7,11,13-14,16-17,24-25,31,33,36H,8-10,12,15,18-23,26-28H2,1-6H3,(H,42,45)/b11-7-/t31-,33+,36-,40-/m0/s1. The fourth-order valence-corrected chi connectivity index (χ4v) is 9.98. The first-order chi connectivity index (χ1) is 24.4. The van der Waals surface area contributed by atoms with Crippen LogP contribution in [0, 0.1) is 11.8 Å². The minimum atomic E-state index is -2.05. The summed E-state index contributed by atoms with van der Waals surface area (Å²) in [5, 5.41) is 0.905. The number of carbonyl (C=O) groups excluding carboxylic acids is 1. The quantitative estimate of drug-likeness (QED) is 0.125. The Balaban J connectivity index is 1.34. The monoisotopic (exact) mass is 755 g/mol. The van der Waals surface area contributed by atoms with Gasteiger partial charge in [0.05, 0.1) is 38.2 Å². The normalized spacial score (nSPS) is 26.7. The fraction of sp³-hybridized carbons (Fsp3) is 0.625. The number of halogens is 1. The number of nitrogens with zero attached hydrogens (tertiary/aromatic N) is 2. The number of hydrogen-bond donors (Lipinski definition) is 1. The Morgan fingerprint density at radius 2 is 1.96 bits per heavy atom. The van der Waals surface area contributed by atoms with Gasteiger partial charge in [-0.25, -0.2) is 4.31 Å². The summed E-state index contributed by atoms with van der Waals surface area (Å²) in [5.74, 6) is 1.62. The molecule has 1 saturated carbocycles. The van der Waals surface area contributed by atoms with Crippen LogP contribution in [0.3, 0.4) is 0 Å². The van der Waals surface area contributed by atoms with Crippen LogP contribution in [-0.2, 0) is 25.7 Å². The molecule has 1 spiro atoms. The van der Waals surface area contributed by atoms with Gasteiger partial charge in [0.25, 0.3) is 5.91 Å². The highest BCUT2D eigenvalue weighted by Crippen LogP contribution is 2.48. The molecule has 11 heteroatoms. The molecule has 4 atom stereocenters. The minimum Gasteiger partial charge on any atom is -0.490 e. The molecule has 2 heterocycles. The Labute approximate surface area is 316 Å². The lowest BCUT2D eigenvalue weighted by Crippen LogP contribution is -2.52. The third-order valence-corrected chi connectivity index (χ3v) is 17.6. The average molecular weight is 757 g/mol. The molecule has 1 fully saturated rings. The number of aryl methyl sites for hydroxylation is 1. The van der Waals surface area contributed by atoms with Crippen LogP contribution < -0.4 is 14.4 Å². The first-order valence-electron chi connectivity index (χ1n) is 18.8. The molecule has 1 amide bonds. The zero-order valence-corrected chi connectivity index (χ0v) is 34.0. The average Bonchev–Trinajstić information content (AvgIpc) is 3.22. The number of carbonyl (C=O) groups is 1. The smallest absolute Gasteiger partial charge is 0.262 e. The summed E-state index contributed by atoms with van der Waals surface area (Å²) >= 11 is 7.86. The number of anilines is 1. The molecule has 0 aromatic heterocycles. The summed E-state index contributed by atoms with van der Waals surface area (Å²) in [4.78, 5) is 16.3. The Bertz CT molecular complexity index is 1550. The van der Waals surface area contributed by atoms with Crippen LogP contribution in [-0.4, -0.2) is 84.4 Å². The SMILES string of the molecule is COCCOCCN1CC/C=C\[C@H](O[Si](C)(C)C(C)(C)C)[C@@H]2CC[C@H]2CN2C[C@@]3(CCCc4cc(Cl)ccc43)COc3ccc(cc32)C(=O)NS1. The van der Waals surface area contributed by atoms with Crippen LogP contribution in [0.4, 0.5) is 5.69 Å². The Hall–Kier alpha value is -2.05. The lowest BCUT2D eigenvalue weighted by Gasteiger charge is -2.48. The predicted octanol–water partition coefficient (Wildman–Crippen LogP) is 8.45. The van der Waals surface area contributed by atoms with E-state index in [2.05, 4.69) is 78.1 Å². The third kappa shape index (κ3) is 9.02. The second-order valence-corrected chi connectivity index (χ2v) is 22.5. The molecule has 0 radical (unpaired) electrons. The second-order valence-electron chi connectivity index (χ2n) is 16.4. The van der Waals surface area contributed by atoms with Crippen LogP contribution in [0.15, 0.2) is 48.6 Å². The maximum absolute atomic E-state index is 13.7. The van der Waals surface area contributed by atoms with E-state index in [1.807, 2.05) is 18.2 Å². The van der Waals surface area contributed by atoms with Crippen LogP contribution in [0.1, 0.15) is 74.4 Å². The molecular formula is C40H58ClN3O5SSi. The van der Waals surface area contributed by atoms with Crippen molar-refractivity contribution in [2.75, 3.05) is 64.6 Å². The molecule has 280 valence electrons. The van der Waals surface area contributed by atoms with Gasteiger partial charge in [-0.1, -0.05) is 50.6 Å². The minimum absolute atomic E-state index is 0.0660. The molecule has 0 unspecified atom stereocenters. The summed E-state index contributed by atoms with van der Waals surface area (Å²) < 4.78 is 30.2. The van der Waals surface area contributed by atoms with Crippen molar-refractivity contribution in [1.82, 2.24) is 9.03 Å². The van der Waals surface area contributed by atoms with E-state index in [0.717, 1.165) is 74.6 Å². The first kappa shape index (κ1) is 38.7. The highest BCUT2D eigenvalue weighted by Gasteiger charge is 2.46. The van der Waals surface area contributed by atoms with Gasteiger partial charge in [0.2, 0.25) is 0 Å². The van der Waals surface area contributed by atoms with Crippen molar-refractivity contribution in [3.63, 3.8) is 0 Å². The summed E-state index contributed by atoms with van der Waals surface area (Å²) in [6, 6.07) is 12.4. The van der Waals surface area contributed by atoms with E-state index in [1.165, 1.54) is 23.3 Å². The van der Waals surface area contributed by atoms with Crippen LogP contribution in [0.5, 0.6) is 5.75 Å². The van der Waals surface area contributed by atoms with E-state index < -0.39 is 8.32 Å². The number of nitrogens with one attached hydrogen (secondary N) is 1. The summed E-state index contributed by atoms with van der Waals surface area (Å²) in [5.41, 5.74) is 4.15. The molecule has 51 heavy (non-hydrogen) atoms. The second kappa shape index (κ2) is 16.5. The predicted molar refractivity (Wildman–Crippen MR) is 212 cm³/mol. The van der Waals surface area contributed by atoms with Gasteiger partial charge in [0.1, 0.15) is 5.75 Å². The van der Waals surface area contributed by atoms with E-state index in [0.29, 0.717) is 50.4 Å². The summed E-state index contributed by atoms with van der Waals surface area (Å²) in [6.07, 6.45) is 11.1. The molecule has 2 aliphatic heterocycles. The van der Waals surface area contributed by atoms with Crippen LogP contribution in [0.2, 0.25) is 23.2 Å². The molecule has 4 aliphatic rings. The van der Waals surface area contributed by atoms with Gasteiger partial charge in [-0.3, -0.25) is 9.52 Å². The molecule has 0 saturated heterocycles. The van der Waals surface area contributed by atoms with E-state index in [4.69, 9.17) is 30.2 Å². The van der Waals surface area contributed by atoms with Gasteiger partial charge >= 0.3 is 0 Å². The number of rotatable bonds is 8. The van der Waals surface area contributed by atoms with E-state index in [9.17, 15) is 4.79 Å². The molecule has 1 N–H and O–H groups in total. The van der Waals surface area contributed by atoms with Crippen LogP contribution >= 0.6 is 23.7 Å².